The van der Waals surface area contributed by atoms with Gasteiger partial charge in [0.05, 0.1) is 0 Å². The number of thiazole rings is 1. The average Bonchev–Trinajstić information content (AvgIpc) is 3.11. The van der Waals surface area contributed by atoms with E-state index in [-0.39, 0.29) is 16.7 Å². The number of rotatable bonds is 12. The lowest BCUT2D eigenvalue weighted by Gasteiger charge is -2.10. The number of halogens is 2. The minimum Gasteiger partial charge on any atom is -0.328 e. The first-order chi connectivity index (χ1) is 13.3. The summed E-state index contributed by atoms with van der Waals surface area (Å²) in [6.45, 7) is 2.03. The molecule has 156 valence electrons. The Hall–Kier alpha value is -1.02. The molecule has 2 aromatic rings. The van der Waals surface area contributed by atoms with Gasteiger partial charge in [-0.15, -0.1) is 11.3 Å². The summed E-state index contributed by atoms with van der Waals surface area (Å²) in [6.07, 6.45) is 9.81. The molecule has 0 amide bonds. The molecule has 4 nitrogen and oxygen atoms in total. The molecule has 0 aliphatic carbocycles. The largest absolute Gasteiger partial charge is 0.328 e. The van der Waals surface area contributed by atoms with E-state index < -0.39 is 15.7 Å². The smallest absolute Gasteiger partial charge is 0.187 e. The van der Waals surface area contributed by atoms with E-state index in [2.05, 4.69) is 4.98 Å². The van der Waals surface area contributed by atoms with Crippen molar-refractivity contribution in [3.05, 3.63) is 45.1 Å². The van der Waals surface area contributed by atoms with Crippen molar-refractivity contribution >= 4 is 32.8 Å². The van der Waals surface area contributed by atoms with Gasteiger partial charge in [-0.1, -0.05) is 43.7 Å². The first kappa shape index (κ1) is 23.3. The van der Waals surface area contributed by atoms with Crippen LogP contribution in [0.15, 0.2) is 28.6 Å². The Morgan fingerprint density at radius 1 is 1.18 bits per heavy atom. The van der Waals surface area contributed by atoms with E-state index in [0.717, 1.165) is 32.1 Å². The maximum absolute atomic E-state index is 14.5. The first-order valence-electron chi connectivity index (χ1n) is 9.64. The minimum atomic E-state index is -3.82. The zero-order chi connectivity index (χ0) is 20.6. The SMILES string of the molecule is C[C@@H](N)CCCCCCCCc1cc(F)c(S(=O)(=O)Cc2nccs2)cc1Cl. The molecule has 1 atom stereocenters. The van der Waals surface area contributed by atoms with Crippen molar-refractivity contribution in [1.82, 2.24) is 4.98 Å². The van der Waals surface area contributed by atoms with Crippen molar-refractivity contribution in [2.24, 2.45) is 5.73 Å². The fraction of sp³-hybridized carbons (Fsp3) is 0.550. The highest BCUT2D eigenvalue weighted by atomic mass is 35.5. The third kappa shape index (κ3) is 7.43. The number of nitrogens with two attached hydrogens (primary N) is 1. The van der Waals surface area contributed by atoms with Gasteiger partial charge in [0.1, 0.15) is 21.5 Å². The summed E-state index contributed by atoms with van der Waals surface area (Å²) in [7, 11) is -3.82. The summed E-state index contributed by atoms with van der Waals surface area (Å²) >= 11 is 7.47. The molecular weight excluding hydrogens is 419 g/mol. The van der Waals surface area contributed by atoms with Gasteiger partial charge in [-0.25, -0.2) is 17.8 Å². The van der Waals surface area contributed by atoms with Gasteiger partial charge in [-0.3, -0.25) is 0 Å². The van der Waals surface area contributed by atoms with Crippen LogP contribution in [0, 0.1) is 5.82 Å². The topological polar surface area (TPSA) is 73.1 Å². The van der Waals surface area contributed by atoms with E-state index in [0.29, 0.717) is 22.0 Å². The van der Waals surface area contributed by atoms with E-state index in [9.17, 15) is 12.8 Å². The predicted molar refractivity (Wildman–Crippen MR) is 114 cm³/mol. The van der Waals surface area contributed by atoms with Crippen LogP contribution in [-0.2, 0) is 22.0 Å². The quantitative estimate of drug-likeness (QED) is 0.435. The van der Waals surface area contributed by atoms with Crippen molar-refractivity contribution in [1.29, 1.82) is 0 Å². The number of nitrogens with zero attached hydrogens (tertiary/aromatic N) is 1. The van der Waals surface area contributed by atoms with E-state index in [1.807, 2.05) is 6.92 Å². The summed E-state index contributed by atoms with van der Waals surface area (Å²) in [5.41, 5.74) is 6.39. The molecule has 0 radical (unpaired) electrons. The molecule has 2 N–H and O–H groups in total. The van der Waals surface area contributed by atoms with Crippen LogP contribution >= 0.6 is 22.9 Å². The second kappa shape index (κ2) is 11.2. The van der Waals surface area contributed by atoms with E-state index in [1.165, 1.54) is 42.5 Å². The van der Waals surface area contributed by atoms with Crippen LogP contribution in [0.25, 0.3) is 0 Å². The zero-order valence-corrected chi connectivity index (χ0v) is 18.6. The molecule has 1 heterocycles. The van der Waals surface area contributed by atoms with Gasteiger partial charge >= 0.3 is 0 Å². The van der Waals surface area contributed by atoms with Gasteiger partial charge in [-0.05, 0) is 43.9 Å². The summed E-state index contributed by atoms with van der Waals surface area (Å²) in [4.78, 5) is 3.60. The van der Waals surface area contributed by atoms with Gasteiger partial charge in [-0.2, -0.15) is 0 Å². The molecule has 2 rings (SSSR count). The van der Waals surface area contributed by atoms with E-state index in [1.54, 1.807) is 5.38 Å². The van der Waals surface area contributed by atoms with Gasteiger partial charge in [0.2, 0.25) is 0 Å². The van der Waals surface area contributed by atoms with Gasteiger partial charge < -0.3 is 5.73 Å². The number of hydrogen-bond acceptors (Lipinski definition) is 5. The molecule has 1 aromatic carbocycles. The third-order valence-corrected chi connectivity index (χ3v) is 7.54. The first-order valence-corrected chi connectivity index (χ1v) is 12.5. The molecule has 1 aromatic heterocycles. The Labute approximate surface area is 176 Å². The van der Waals surface area contributed by atoms with Crippen LogP contribution in [0.2, 0.25) is 5.02 Å². The fourth-order valence-corrected chi connectivity index (χ4v) is 5.72. The van der Waals surface area contributed by atoms with Gasteiger partial charge in [0.25, 0.3) is 0 Å². The molecule has 28 heavy (non-hydrogen) atoms. The normalized spacial score (nSPS) is 13.0. The number of benzene rings is 1. The monoisotopic (exact) mass is 446 g/mol. The summed E-state index contributed by atoms with van der Waals surface area (Å²) < 4.78 is 39.4. The summed E-state index contributed by atoms with van der Waals surface area (Å²) in [6, 6.07) is 2.77. The van der Waals surface area contributed by atoms with Crippen LogP contribution in [0.3, 0.4) is 0 Å². The lowest BCUT2D eigenvalue weighted by Crippen LogP contribution is -2.13. The standard InChI is InChI=1S/C20H28ClFN2O2S2/c1-15(23)8-6-4-2-3-5-7-9-16-12-18(22)19(13-17(16)21)28(25,26)14-20-24-10-11-27-20/h10-13,15H,2-9,14,23H2,1H3/t15-/m1/s1. The van der Waals surface area contributed by atoms with Gasteiger partial charge in [0.15, 0.2) is 9.84 Å². The maximum atomic E-state index is 14.5. The molecule has 0 aliphatic heterocycles. The van der Waals surface area contributed by atoms with E-state index >= 15 is 0 Å². The molecular formula is C20H28ClFN2O2S2. The Morgan fingerprint density at radius 2 is 1.86 bits per heavy atom. The predicted octanol–water partition coefficient (Wildman–Crippen LogP) is 5.53. The number of hydrogen-bond donors (Lipinski definition) is 1. The highest BCUT2D eigenvalue weighted by molar-refractivity contribution is 7.90. The van der Waals surface area contributed by atoms with Crippen LogP contribution < -0.4 is 5.73 Å². The molecule has 0 fully saturated rings. The summed E-state index contributed by atoms with van der Waals surface area (Å²) in [5, 5.41) is 2.42. The molecule has 0 saturated carbocycles. The van der Waals surface area contributed by atoms with Gasteiger partial charge in [0, 0.05) is 22.6 Å². The van der Waals surface area contributed by atoms with Crippen LogP contribution in [0.4, 0.5) is 4.39 Å². The van der Waals surface area contributed by atoms with Crippen molar-refractivity contribution < 1.29 is 12.8 Å². The molecule has 0 aliphatic rings. The summed E-state index contributed by atoms with van der Waals surface area (Å²) in [5.74, 6) is -1.06. The number of unbranched alkanes of at least 4 members (excludes halogenated alkanes) is 5. The fourth-order valence-electron chi connectivity index (χ4n) is 3.05. The zero-order valence-electron chi connectivity index (χ0n) is 16.2. The van der Waals surface area contributed by atoms with Crippen molar-refractivity contribution in [2.45, 2.75) is 75.0 Å². The lowest BCUT2D eigenvalue weighted by atomic mass is 10.0. The highest BCUT2D eigenvalue weighted by Gasteiger charge is 2.23. The van der Waals surface area contributed by atoms with Crippen LogP contribution in [-0.4, -0.2) is 19.4 Å². The molecule has 0 saturated heterocycles. The van der Waals surface area contributed by atoms with Crippen molar-refractivity contribution in [3.63, 3.8) is 0 Å². The number of aryl methyl sites for hydroxylation is 1. The maximum Gasteiger partial charge on any atom is 0.187 e. The van der Waals surface area contributed by atoms with Crippen LogP contribution in [0.1, 0.15) is 62.4 Å². The lowest BCUT2D eigenvalue weighted by molar-refractivity contribution is 0.547. The number of sulfone groups is 1. The number of aromatic nitrogens is 1. The van der Waals surface area contributed by atoms with Crippen molar-refractivity contribution in [3.8, 4) is 0 Å². The Morgan fingerprint density at radius 3 is 2.50 bits per heavy atom. The van der Waals surface area contributed by atoms with Crippen LogP contribution in [0.5, 0.6) is 0 Å². The second-order valence-electron chi connectivity index (χ2n) is 7.20. The average molecular weight is 447 g/mol. The molecule has 0 spiro atoms. The second-order valence-corrected chi connectivity index (χ2v) is 10.5. The Balaban J connectivity index is 1.86. The van der Waals surface area contributed by atoms with E-state index in [4.69, 9.17) is 17.3 Å². The highest BCUT2D eigenvalue weighted by Crippen LogP contribution is 2.28. The Bertz CT molecular complexity index is 840. The molecule has 8 heteroatoms. The Kier molecular flexibility index (Phi) is 9.34. The molecule has 0 unspecified atom stereocenters. The van der Waals surface area contributed by atoms with Crippen molar-refractivity contribution in [2.75, 3.05) is 0 Å². The minimum absolute atomic E-state index is 0.269. The molecule has 0 bridgehead atoms. The third-order valence-electron chi connectivity index (χ3n) is 4.59.